The third kappa shape index (κ3) is 8.08. The minimum atomic E-state index is -0.550. The summed E-state index contributed by atoms with van der Waals surface area (Å²) in [6.07, 6.45) is 0. The van der Waals surface area contributed by atoms with Gasteiger partial charge in [0.1, 0.15) is 0 Å². The molecule has 0 fully saturated rings. The van der Waals surface area contributed by atoms with Crippen molar-refractivity contribution in [3.05, 3.63) is 0 Å². The van der Waals surface area contributed by atoms with Crippen molar-refractivity contribution >= 4 is 38.2 Å². The van der Waals surface area contributed by atoms with Crippen LogP contribution in [0.5, 0.6) is 0 Å². The summed E-state index contributed by atoms with van der Waals surface area (Å²) in [5.74, 6) is -0.713. The molecule has 6 nitrogen and oxygen atoms in total. The fraction of sp³-hybridized carbons (Fsp3) is 0.800. The molecule has 106 valence electrons. The summed E-state index contributed by atoms with van der Waals surface area (Å²) in [5.41, 5.74) is 11.3. The predicted molar refractivity (Wildman–Crippen MR) is 70.3 cm³/mol. The van der Waals surface area contributed by atoms with Gasteiger partial charge in [-0.1, -0.05) is 0 Å². The van der Waals surface area contributed by atoms with E-state index in [2.05, 4.69) is 0 Å². The van der Waals surface area contributed by atoms with E-state index in [9.17, 15) is 9.59 Å². The van der Waals surface area contributed by atoms with E-state index in [-0.39, 0.29) is 38.2 Å². The SMILES string of the molecule is CCOC(=O)[C@@H](N)C[Se][Se]C[C@H](N)C(=O)OCC. The van der Waals surface area contributed by atoms with Gasteiger partial charge in [0.15, 0.2) is 0 Å². The van der Waals surface area contributed by atoms with Crippen LogP contribution in [0.25, 0.3) is 0 Å². The maximum atomic E-state index is 11.2. The molecule has 0 saturated heterocycles. The molecule has 8 heteroatoms. The summed E-state index contributed by atoms with van der Waals surface area (Å²) < 4.78 is 9.61. The molecule has 0 unspecified atom stereocenters. The molecule has 0 amide bonds. The quantitative estimate of drug-likeness (QED) is 0.295. The van der Waals surface area contributed by atoms with Gasteiger partial charge in [-0.25, -0.2) is 0 Å². The Hall–Kier alpha value is -0.101. The first-order chi connectivity index (χ1) is 8.52. The number of hydrogen-bond donors (Lipinski definition) is 2. The van der Waals surface area contributed by atoms with Gasteiger partial charge in [-0.3, -0.25) is 0 Å². The molecular formula is C10H20N2O4Se2. The number of rotatable bonds is 9. The summed E-state index contributed by atoms with van der Waals surface area (Å²) in [4.78, 5) is 22.5. The third-order valence-corrected chi connectivity index (χ3v) is 8.97. The Kier molecular flexibility index (Phi) is 10.7. The number of esters is 2. The van der Waals surface area contributed by atoms with Crippen LogP contribution in [0.3, 0.4) is 0 Å². The van der Waals surface area contributed by atoms with Crippen LogP contribution in [-0.2, 0) is 19.1 Å². The monoisotopic (exact) mass is 392 g/mol. The standard InChI is InChI=1S/C10H20N2O4Se2/c1-3-15-9(13)7(11)5-17-18-6-8(12)10(14)16-4-2/h7-8H,3-6,11-12H2,1-2H3/t7-,8-/m0/s1. The number of hydrogen-bond acceptors (Lipinski definition) is 6. The van der Waals surface area contributed by atoms with Crippen LogP contribution in [0.4, 0.5) is 0 Å². The zero-order chi connectivity index (χ0) is 14.0. The Bertz CT molecular complexity index is 240. The number of carbonyl (C=O) groups is 2. The van der Waals surface area contributed by atoms with Crippen LogP contribution in [0.1, 0.15) is 13.8 Å². The van der Waals surface area contributed by atoms with Crippen molar-refractivity contribution in [1.82, 2.24) is 0 Å². The Morgan fingerprint density at radius 3 is 1.56 bits per heavy atom. The van der Waals surface area contributed by atoms with Crippen molar-refractivity contribution in [3.63, 3.8) is 0 Å². The Balaban J connectivity index is 3.66. The molecule has 0 aliphatic rings. The fourth-order valence-electron chi connectivity index (χ4n) is 0.878. The van der Waals surface area contributed by atoms with E-state index in [0.717, 1.165) is 0 Å². The van der Waals surface area contributed by atoms with Gasteiger partial charge in [0.2, 0.25) is 0 Å². The Morgan fingerprint density at radius 1 is 0.944 bits per heavy atom. The fourth-order valence-corrected chi connectivity index (χ4v) is 7.76. The summed E-state index contributed by atoms with van der Waals surface area (Å²) in [5, 5.41) is 1.25. The number of nitrogens with two attached hydrogens (primary N) is 2. The Morgan fingerprint density at radius 2 is 1.28 bits per heavy atom. The van der Waals surface area contributed by atoms with E-state index in [1.54, 1.807) is 13.8 Å². The van der Waals surface area contributed by atoms with Gasteiger partial charge in [0, 0.05) is 0 Å². The van der Waals surface area contributed by atoms with Crippen molar-refractivity contribution in [3.8, 4) is 0 Å². The van der Waals surface area contributed by atoms with Gasteiger partial charge in [0.25, 0.3) is 0 Å². The van der Waals surface area contributed by atoms with Gasteiger partial charge in [0.05, 0.1) is 0 Å². The van der Waals surface area contributed by atoms with Gasteiger partial charge in [-0.15, -0.1) is 0 Å². The second-order valence-electron chi connectivity index (χ2n) is 3.29. The van der Waals surface area contributed by atoms with Gasteiger partial charge in [-0.2, -0.15) is 0 Å². The minimum absolute atomic E-state index is 0.239. The average molecular weight is 390 g/mol. The summed E-state index contributed by atoms with van der Waals surface area (Å²) in [6, 6.07) is -1.10. The number of ether oxygens (including phenoxy) is 2. The second-order valence-corrected chi connectivity index (χ2v) is 10.8. The molecule has 0 rings (SSSR count). The third-order valence-electron chi connectivity index (χ3n) is 1.76. The van der Waals surface area contributed by atoms with Gasteiger partial charge in [-0.05, 0) is 0 Å². The zero-order valence-corrected chi connectivity index (χ0v) is 14.0. The van der Waals surface area contributed by atoms with Gasteiger partial charge < -0.3 is 0 Å². The van der Waals surface area contributed by atoms with E-state index in [0.29, 0.717) is 23.9 Å². The summed E-state index contributed by atoms with van der Waals surface area (Å²) in [6.45, 7) is 4.19. The molecule has 0 saturated carbocycles. The van der Waals surface area contributed by atoms with E-state index in [4.69, 9.17) is 20.9 Å². The van der Waals surface area contributed by atoms with Crippen LogP contribution in [0, 0.1) is 0 Å². The molecule has 4 N–H and O–H groups in total. The first kappa shape index (κ1) is 17.9. The van der Waals surface area contributed by atoms with Crippen molar-refractivity contribution in [2.45, 2.75) is 36.6 Å². The van der Waals surface area contributed by atoms with Crippen LogP contribution >= 0.6 is 0 Å². The molecule has 0 aromatic carbocycles. The van der Waals surface area contributed by atoms with Crippen LogP contribution < -0.4 is 11.5 Å². The molecule has 0 aromatic rings. The van der Waals surface area contributed by atoms with E-state index in [1.807, 2.05) is 0 Å². The Labute approximate surface area is 118 Å². The molecule has 0 heterocycles. The van der Waals surface area contributed by atoms with Crippen molar-refractivity contribution in [2.24, 2.45) is 11.5 Å². The molecule has 0 bridgehead atoms. The molecule has 2 atom stereocenters. The van der Waals surface area contributed by atoms with E-state index >= 15 is 0 Å². The first-order valence-electron chi connectivity index (χ1n) is 5.61. The summed E-state index contributed by atoms with van der Waals surface area (Å²) in [7, 11) is 0. The zero-order valence-electron chi connectivity index (χ0n) is 10.6. The topological polar surface area (TPSA) is 105 Å². The molecule has 0 aliphatic carbocycles. The van der Waals surface area contributed by atoms with Gasteiger partial charge >= 0.3 is 119 Å². The first-order valence-corrected chi connectivity index (χ1v) is 12.4. The van der Waals surface area contributed by atoms with Crippen molar-refractivity contribution < 1.29 is 19.1 Å². The molecular weight excluding hydrogens is 370 g/mol. The molecule has 0 aliphatic heterocycles. The van der Waals surface area contributed by atoms with E-state index < -0.39 is 12.1 Å². The second kappa shape index (κ2) is 10.8. The van der Waals surface area contributed by atoms with Crippen LogP contribution in [0.15, 0.2) is 0 Å². The molecule has 0 radical (unpaired) electrons. The van der Waals surface area contributed by atoms with Crippen molar-refractivity contribution in [2.75, 3.05) is 13.2 Å². The molecule has 0 aromatic heterocycles. The van der Waals surface area contributed by atoms with Crippen LogP contribution in [-0.4, -0.2) is 63.5 Å². The maximum absolute atomic E-state index is 11.2. The summed E-state index contributed by atoms with van der Waals surface area (Å²) >= 11 is 0.479. The number of carbonyl (C=O) groups excluding carboxylic acids is 2. The van der Waals surface area contributed by atoms with Crippen LogP contribution in [0.2, 0.25) is 10.6 Å². The normalized spacial score (nSPS) is 13.8. The van der Waals surface area contributed by atoms with E-state index in [1.165, 1.54) is 0 Å². The molecule has 18 heavy (non-hydrogen) atoms. The van der Waals surface area contributed by atoms with Crippen molar-refractivity contribution in [1.29, 1.82) is 0 Å². The predicted octanol–water partition coefficient (Wildman–Crippen LogP) is -1.07. The average Bonchev–Trinajstić information content (AvgIpc) is 2.34. The molecule has 0 spiro atoms.